The summed E-state index contributed by atoms with van der Waals surface area (Å²) in [4.78, 5) is 14.8. The number of carbonyl (C=O) groups is 1. The zero-order valence-electron chi connectivity index (χ0n) is 16.8. The molecule has 6 nitrogen and oxygen atoms in total. The van der Waals surface area contributed by atoms with Crippen LogP contribution < -0.4 is 0 Å². The Balaban J connectivity index is 1.43. The molecule has 1 amide bonds. The van der Waals surface area contributed by atoms with Crippen LogP contribution in [-0.2, 0) is 0 Å². The Morgan fingerprint density at radius 1 is 1.03 bits per heavy atom. The molecule has 0 spiro atoms. The molecule has 6 heteroatoms. The van der Waals surface area contributed by atoms with Gasteiger partial charge in [-0.25, -0.2) is 4.68 Å². The topological polar surface area (TPSA) is 71.2 Å². The van der Waals surface area contributed by atoms with E-state index in [9.17, 15) is 9.90 Å². The molecule has 29 heavy (non-hydrogen) atoms. The number of aliphatic hydroxyl groups is 1. The van der Waals surface area contributed by atoms with Crippen molar-refractivity contribution in [1.82, 2.24) is 19.9 Å². The molecule has 2 aromatic carbocycles. The highest BCUT2D eigenvalue weighted by atomic mass is 16.3. The molecule has 1 aromatic heterocycles. The fourth-order valence-corrected chi connectivity index (χ4v) is 3.95. The molecular formula is C23H26N4O2. The molecule has 1 aliphatic rings. The van der Waals surface area contributed by atoms with Crippen molar-refractivity contribution in [3.63, 3.8) is 0 Å². The Morgan fingerprint density at radius 2 is 1.69 bits per heavy atom. The van der Waals surface area contributed by atoms with Crippen LogP contribution in [-0.4, -0.2) is 44.0 Å². The summed E-state index contributed by atoms with van der Waals surface area (Å²) in [6.45, 7) is 5.14. The lowest BCUT2D eigenvalue weighted by molar-refractivity contribution is 0.0458. The van der Waals surface area contributed by atoms with E-state index in [2.05, 4.69) is 10.3 Å². The Hall–Kier alpha value is -2.99. The van der Waals surface area contributed by atoms with Crippen LogP contribution in [0.2, 0.25) is 0 Å². The summed E-state index contributed by atoms with van der Waals surface area (Å²) >= 11 is 0. The van der Waals surface area contributed by atoms with Gasteiger partial charge in [0.05, 0.1) is 17.5 Å². The summed E-state index contributed by atoms with van der Waals surface area (Å²) in [5.41, 5.74) is 4.14. The summed E-state index contributed by atoms with van der Waals surface area (Å²) in [5, 5.41) is 19.0. The average molecular weight is 390 g/mol. The smallest absolute Gasteiger partial charge is 0.276 e. The van der Waals surface area contributed by atoms with Gasteiger partial charge in [-0.2, -0.15) is 0 Å². The van der Waals surface area contributed by atoms with E-state index in [1.807, 2.05) is 73.3 Å². The molecule has 1 atom stereocenters. The van der Waals surface area contributed by atoms with Gasteiger partial charge < -0.3 is 10.0 Å². The van der Waals surface area contributed by atoms with Crippen molar-refractivity contribution in [2.45, 2.75) is 32.8 Å². The number of rotatable bonds is 4. The summed E-state index contributed by atoms with van der Waals surface area (Å²) in [6, 6.07) is 17.7. The van der Waals surface area contributed by atoms with Gasteiger partial charge in [-0.3, -0.25) is 4.79 Å². The van der Waals surface area contributed by atoms with E-state index in [0.717, 1.165) is 29.8 Å². The number of benzene rings is 2. The fourth-order valence-electron chi connectivity index (χ4n) is 3.95. The van der Waals surface area contributed by atoms with Crippen LogP contribution >= 0.6 is 0 Å². The van der Waals surface area contributed by atoms with Gasteiger partial charge >= 0.3 is 0 Å². The molecule has 3 aromatic rings. The maximum atomic E-state index is 13.0. The number of nitrogens with zero attached hydrogens (tertiary/aromatic N) is 4. The van der Waals surface area contributed by atoms with Crippen LogP contribution in [0.4, 0.5) is 0 Å². The minimum absolute atomic E-state index is 0.0893. The molecule has 150 valence electrons. The highest BCUT2D eigenvalue weighted by Crippen LogP contribution is 2.31. The predicted octanol–water partition coefficient (Wildman–Crippen LogP) is 3.47. The van der Waals surface area contributed by atoms with Gasteiger partial charge in [0.2, 0.25) is 0 Å². The third kappa shape index (κ3) is 3.93. The van der Waals surface area contributed by atoms with Gasteiger partial charge in [0.25, 0.3) is 5.91 Å². The maximum absolute atomic E-state index is 13.0. The standard InChI is InChI=1S/C23H26N4O2/c1-16-8-10-20(11-9-16)27-17(2)21(24-25-27)23(29)26-14-12-19(13-15-26)22(28)18-6-4-3-5-7-18/h3-11,19,22,28H,12-15H2,1-2H3. The quantitative estimate of drug-likeness (QED) is 0.740. The molecule has 0 bridgehead atoms. The van der Waals surface area contributed by atoms with Crippen molar-refractivity contribution in [2.75, 3.05) is 13.1 Å². The van der Waals surface area contributed by atoms with Crippen molar-refractivity contribution >= 4 is 5.91 Å². The molecule has 2 heterocycles. The number of hydrogen-bond acceptors (Lipinski definition) is 4. The largest absolute Gasteiger partial charge is 0.388 e. The second kappa shape index (κ2) is 8.17. The monoisotopic (exact) mass is 390 g/mol. The lowest BCUT2D eigenvalue weighted by Crippen LogP contribution is -2.40. The number of amides is 1. The minimum Gasteiger partial charge on any atom is -0.388 e. The first kappa shape index (κ1) is 19.3. The molecule has 0 radical (unpaired) electrons. The Bertz CT molecular complexity index is 974. The first-order chi connectivity index (χ1) is 14.0. The predicted molar refractivity (Wildman–Crippen MR) is 111 cm³/mol. The van der Waals surface area contributed by atoms with E-state index in [-0.39, 0.29) is 11.8 Å². The number of likely N-dealkylation sites (tertiary alicyclic amines) is 1. The first-order valence-corrected chi connectivity index (χ1v) is 10.1. The van der Waals surface area contributed by atoms with Crippen LogP contribution in [0.3, 0.4) is 0 Å². The van der Waals surface area contributed by atoms with Gasteiger partial charge in [0, 0.05) is 13.1 Å². The summed E-state index contributed by atoms with van der Waals surface area (Å²) < 4.78 is 1.71. The summed E-state index contributed by atoms with van der Waals surface area (Å²) in [6.07, 6.45) is 1.05. The van der Waals surface area contributed by atoms with Crippen LogP contribution in [0.25, 0.3) is 5.69 Å². The molecular weight excluding hydrogens is 364 g/mol. The van der Waals surface area contributed by atoms with E-state index >= 15 is 0 Å². The maximum Gasteiger partial charge on any atom is 0.276 e. The third-order valence-electron chi connectivity index (χ3n) is 5.79. The van der Waals surface area contributed by atoms with E-state index in [4.69, 9.17) is 0 Å². The van der Waals surface area contributed by atoms with Gasteiger partial charge in [-0.1, -0.05) is 53.2 Å². The van der Waals surface area contributed by atoms with Crippen molar-refractivity contribution < 1.29 is 9.90 Å². The molecule has 4 rings (SSSR count). The Labute approximate surface area is 170 Å². The van der Waals surface area contributed by atoms with Crippen molar-refractivity contribution in [2.24, 2.45) is 5.92 Å². The summed E-state index contributed by atoms with van der Waals surface area (Å²) in [7, 11) is 0. The molecule has 0 aliphatic carbocycles. The van der Waals surface area contributed by atoms with Crippen molar-refractivity contribution in [3.05, 3.63) is 77.1 Å². The van der Waals surface area contributed by atoms with Gasteiger partial charge in [-0.05, 0) is 50.3 Å². The Morgan fingerprint density at radius 3 is 2.34 bits per heavy atom. The lowest BCUT2D eigenvalue weighted by Gasteiger charge is -2.34. The lowest BCUT2D eigenvalue weighted by atomic mass is 9.87. The van der Waals surface area contributed by atoms with E-state index in [0.29, 0.717) is 18.8 Å². The number of aromatic nitrogens is 3. The second-order valence-corrected chi connectivity index (χ2v) is 7.76. The minimum atomic E-state index is -0.488. The third-order valence-corrected chi connectivity index (χ3v) is 5.79. The molecule has 1 aliphatic heterocycles. The zero-order valence-corrected chi connectivity index (χ0v) is 16.8. The van der Waals surface area contributed by atoms with E-state index in [1.54, 1.807) is 4.68 Å². The normalized spacial score (nSPS) is 16.0. The molecule has 1 N–H and O–H groups in total. The molecule has 0 saturated carbocycles. The SMILES string of the molecule is Cc1ccc(-n2nnc(C(=O)N3CCC(C(O)c4ccccc4)CC3)c2C)cc1. The Kier molecular flexibility index (Phi) is 5.45. The van der Waals surface area contributed by atoms with E-state index < -0.39 is 6.10 Å². The van der Waals surface area contributed by atoms with Crippen LogP contribution in [0.15, 0.2) is 54.6 Å². The van der Waals surface area contributed by atoms with E-state index in [1.165, 1.54) is 5.56 Å². The average Bonchev–Trinajstić information content (AvgIpc) is 3.15. The summed E-state index contributed by atoms with van der Waals surface area (Å²) in [5.74, 6) is 0.0688. The molecule has 1 saturated heterocycles. The number of aryl methyl sites for hydroxylation is 1. The fraction of sp³-hybridized carbons (Fsp3) is 0.348. The van der Waals surface area contributed by atoms with Crippen molar-refractivity contribution in [3.8, 4) is 5.69 Å². The van der Waals surface area contributed by atoms with Gasteiger partial charge in [0.1, 0.15) is 0 Å². The number of hydrogen-bond donors (Lipinski definition) is 1. The first-order valence-electron chi connectivity index (χ1n) is 10.1. The zero-order chi connectivity index (χ0) is 20.4. The van der Waals surface area contributed by atoms with Crippen LogP contribution in [0.1, 0.15) is 46.3 Å². The highest BCUT2D eigenvalue weighted by Gasteiger charge is 2.30. The number of aliphatic hydroxyl groups excluding tert-OH is 1. The number of carbonyl (C=O) groups excluding carboxylic acids is 1. The molecule has 1 unspecified atom stereocenters. The highest BCUT2D eigenvalue weighted by molar-refractivity contribution is 5.93. The van der Waals surface area contributed by atoms with Crippen LogP contribution in [0.5, 0.6) is 0 Å². The molecule has 1 fully saturated rings. The van der Waals surface area contributed by atoms with Crippen LogP contribution in [0, 0.1) is 19.8 Å². The second-order valence-electron chi connectivity index (χ2n) is 7.76. The van der Waals surface area contributed by atoms with Gasteiger partial charge in [0.15, 0.2) is 5.69 Å². The van der Waals surface area contributed by atoms with Crippen molar-refractivity contribution in [1.29, 1.82) is 0 Å². The van der Waals surface area contributed by atoms with Gasteiger partial charge in [-0.15, -0.1) is 5.10 Å². The number of piperidine rings is 1.